The van der Waals surface area contributed by atoms with Gasteiger partial charge in [-0.05, 0) is 29.8 Å². The number of aliphatic hydroxyl groups is 1. The number of anilines is 1. The molecule has 0 aliphatic heterocycles. The molecule has 0 bridgehead atoms. The van der Waals surface area contributed by atoms with Crippen LogP contribution in [0.5, 0.6) is 0 Å². The lowest BCUT2D eigenvalue weighted by Gasteiger charge is -2.11. The van der Waals surface area contributed by atoms with Crippen molar-refractivity contribution in [2.75, 3.05) is 11.5 Å². The van der Waals surface area contributed by atoms with E-state index in [0.717, 1.165) is 17.8 Å². The number of hydrogen-bond acceptors (Lipinski definition) is 3. The Morgan fingerprint density at radius 2 is 1.79 bits per heavy atom. The Morgan fingerprint density at radius 3 is 2.42 bits per heavy atom. The van der Waals surface area contributed by atoms with Gasteiger partial charge in [-0.2, -0.15) is 0 Å². The molecule has 0 heterocycles. The SMILES string of the molecule is Nc1ccc(C(O)CSc2ccc(F)cc2F)cc1. The Hall–Kier alpha value is -1.59. The molecule has 0 aliphatic carbocycles. The third kappa shape index (κ3) is 3.68. The van der Waals surface area contributed by atoms with Crippen molar-refractivity contribution in [3.63, 3.8) is 0 Å². The zero-order chi connectivity index (χ0) is 13.8. The molecular weight excluding hydrogens is 268 g/mol. The van der Waals surface area contributed by atoms with Gasteiger partial charge in [0.1, 0.15) is 11.6 Å². The van der Waals surface area contributed by atoms with Gasteiger partial charge in [-0.25, -0.2) is 8.78 Å². The summed E-state index contributed by atoms with van der Waals surface area (Å²) >= 11 is 1.14. The van der Waals surface area contributed by atoms with Crippen molar-refractivity contribution < 1.29 is 13.9 Å². The van der Waals surface area contributed by atoms with Gasteiger partial charge in [0, 0.05) is 22.4 Å². The quantitative estimate of drug-likeness (QED) is 0.667. The lowest BCUT2D eigenvalue weighted by molar-refractivity contribution is 0.204. The zero-order valence-electron chi connectivity index (χ0n) is 10.0. The first kappa shape index (κ1) is 13.8. The first-order valence-electron chi connectivity index (χ1n) is 5.67. The summed E-state index contributed by atoms with van der Waals surface area (Å²) in [5, 5.41) is 9.96. The van der Waals surface area contributed by atoms with E-state index in [0.29, 0.717) is 16.1 Å². The summed E-state index contributed by atoms with van der Waals surface area (Å²) in [6, 6.07) is 10.2. The van der Waals surface area contributed by atoms with Gasteiger partial charge in [-0.3, -0.25) is 0 Å². The molecule has 5 heteroatoms. The van der Waals surface area contributed by atoms with E-state index in [9.17, 15) is 13.9 Å². The zero-order valence-corrected chi connectivity index (χ0v) is 10.8. The molecule has 0 aliphatic rings. The molecule has 100 valence electrons. The first-order valence-corrected chi connectivity index (χ1v) is 6.66. The minimum absolute atomic E-state index is 0.284. The van der Waals surface area contributed by atoms with Crippen molar-refractivity contribution in [2.24, 2.45) is 0 Å². The summed E-state index contributed by atoms with van der Waals surface area (Å²) in [6.45, 7) is 0. The fourth-order valence-corrected chi connectivity index (χ4v) is 2.47. The average molecular weight is 281 g/mol. The molecular formula is C14H13F2NOS. The van der Waals surface area contributed by atoms with E-state index < -0.39 is 17.7 Å². The van der Waals surface area contributed by atoms with Crippen molar-refractivity contribution >= 4 is 17.4 Å². The van der Waals surface area contributed by atoms with Crippen LogP contribution in [0.1, 0.15) is 11.7 Å². The number of halogens is 2. The van der Waals surface area contributed by atoms with Crippen molar-refractivity contribution in [3.8, 4) is 0 Å². The molecule has 1 atom stereocenters. The summed E-state index contributed by atoms with van der Waals surface area (Å²) in [5.74, 6) is -0.942. The lowest BCUT2D eigenvalue weighted by Crippen LogP contribution is -2.01. The summed E-state index contributed by atoms with van der Waals surface area (Å²) in [5.41, 5.74) is 6.88. The molecule has 2 rings (SSSR count). The second-order valence-electron chi connectivity index (χ2n) is 4.07. The van der Waals surface area contributed by atoms with Crippen molar-refractivity contribution in [2.45, 2.75) is 11.0 Å². The van der Waals surface area contributed by atoms with E-state index in [4.69, 9.17) is 5.73 Å². The van der Waals surface area contributed by atoms with Crippen molar-refractivity contribution in [1.82, 2.24) is 0 Å². The predicted molar refractivity (Wildman–Crippen MR) is 72.9 cm³/mol. The maximum atomic E-state index is 13.4. The molecule has 2 aromatic rings. The lowest BCUT2D eigenvalue weighted by atomic mass is 10.1. The number of thioether (sulfide) groups is 1. The van der Waals surface area contributed by atoms with Crippen molar-refractivity contribution in [1.29, 1.82) is 0 Å². The number of aliphatic hydroxyl groups excluding tert-OH is 1. The van der Waals surface area contributed by atoms with Gasteiger partial charge in [-0.15, -0.1) is 11.8 Å². The van der Waals surface area contributed by atoms with Gasteiger partial charge in [0.25, 0.3) is 0 Å². The largest absolute Gasteiger partial charge is 0.399 e. The summed E-state index contributed by atoms with van der Waals surface area (Å²) in [7, 11) is 0. The Morgan fingerprint density at radius 1 is 1.11 bits per heavy atom. The van der Waals surface area contributed by atoms with Gasteiger partial charge < -0.3 is 10.8 Å². The monoisotopic (exact) mass is 281 g/mol. The Labute approximate surface area is 114 Å². The molecule has 3 N–H and O–H groups in total. The Balaban J connectivity index is 2.00. The average Bonchev–Trinajstić information content (AvgIpc) is 2.38. The molecule has 0 aromatic heterocycles. The molecule has 2 nitrogen and oxygen atoms in total. The summed E-state index contributed by atoms with van der Waals surface area (Å²) in [4.78, 5) is 0.316. The smallest absolute Gasteiger partial charge is 0.139 e. The highest BCUT2D eigenvalue weighted by atomic mass is 32.2. The van der Waals surface area contributed by atoms with E-state index in [1.165, 1.54) is 12.1 Å². The molecule has 19 heavy (non-hydrogen) atoms. The molecule has 2 aromatic carbocycles. The number of nitrogen functional groups attached to an aromatic ring is 1. The van der Waals surface area contributed by atoms with Gasteiger partial charge >= 0.3 is 0 Å². The van der Waals surface area contributed by atoms with Gasteiger partial charge in [0.05, 0.1) is 6.10 Å². The summed E-state index contributed by atoms with van der Waals surface area (Å²) in [6.07, 6.45) is -0.727. The number of benzene rings is 2. The molecule has 0 amide bonds. The number of rotatable bonds is 4. The molecule has 1 unspecified atom stereocenters. The second-order valence-corrected chi connectivity index (χ2v) is 5.13. The molecule has 0 saturated heterocycles. The minimum Gasteiger partial charge on any atom is -0.399 e. The normalized spacial score (nSPS) is 12.4. The van der Waals surface area contributed by atoms with Crippen LogP contribution in [0.15, 0.2) is 47.4 Å². The third-order valence-corrected chi connectivity index (χ3v) is 3.74. The van der Waals surface area contributed by atoms with Crippen LogP contribution in [-0.4, -0.2) is 10.9 Å². The van der Waals surface area contributed by atoms with E-state index >= 15 is 0 Å². The maximum Gasteiger partial charge on any atom is 0.139 e. The third-order valence-electron chi connectivity index (χ3n) is 2.61. The van der Waals surface area contributed by atoms with Crippen LogP contribution in [0.4, 0.5) is 14.5 Å². The maximum absolute atomic E-state index is 13.4. The van der Waals surface area contributed by atoms with Crippen LogP contribution in [0.3, 0.4) is 0 Å². The molecule has 0 saturated carbocycles. The summed E-state index contributed by atoms with van der Waals surface area (Å²) < 4.78 is 26.1. The van der Waals surface area contributed by atoms with Crippen LogP contribution in [-0.2, 0) is 0 Å². The van der Waals surface area contributed by atoms with Gasteiger partial charge in [-0.1, -0.05) is 12.1 Å². The van der Waals surface area contributed by atoms with Gasteiger partial charge in [0.15, 0.2) is 0 Å². The van der Waals surface area contributed by atoms with Crippen molar-refractivity contribution in [3.05, 3.63) is 59.7 Å². The van der Waals surface area contributed by atoms with E-state index in [1.54, 1.807) is 24.3 Å². The van der Waals surface area contributed by atoms with E-state index in [1.807, 2.05) is 0 Å². The molecule has 0 spiro atoms. The number of hydrogen-bond donors (Lipinski definition) is 2. The van der Waals surface area contributed by atoms with Crippen LogP contribution in [0.2, 0.25) is 0 Å². The topological polar surface area (TPSA) is 46.2 Å². The van der Waals surface area contributed by atoms with E-state index in [-0.39, 0.29) is 5.75 Å². The minimum atomic E-state index is -0.727. The standard InChI is InChI=1S/C14H13F2NOS/c15-10-3-6-14(12(16)7-10)19-8-13(18)9-1-4-11(17)5-2-9/h1-7,13,18H,8,17H2. The highest BCUT2D eigenvalue weighted by Gasteiger charge is 2.10. The van der Waals surface area contributed by atoms with Crippen LogP contribution in [0, 0.1) is 11.6 Å². The van der Waals surface area contributed by atoms with E-state index in [2.05, 4.69) is 0 Å². The Kier molecular flexibility index (Phi) is 4.39. The van der Waals surface area contributed by atoms with Crippen LogP contribution < -0.4 is 5.73 Å². The molecule has 0 fully saturated rings. The fraction of sp³-hybridized carbons (Fsp3) is 0.143. The van der Waals surface area contributed by atoms with Crippen LogP contribution in [0.25, 0.3) is 0 Å². The van der Waals surface area contributed by atoms with Gasteiger partial charge in [0.2, 0.25) is 0 Å². The highest BCUT2D eigenvalue weighted by molar-refractivity contribution is 7.99. The highest BCUT2D eigenvalue weighted by Crippen LogP contribution is 2.27. The second kappa shape index (κ2) is 6.04. The van der Waals surface area contributed by atoms with Crippen LogP contribution >= 0.6 is 11.8 Å². The number of nitrogens with two attached hydrogens (primary N) is 1. The fourth-order valence-electron chi connectivity index (χ4n) is 1.58. The first-order chi connectivity index (χ1) is 9.06. The predicted octanol–water partition coefficient (Wildman–Crippen LogP) is 3.37. The Bertz CT molecular complexity index is 560. The molecule has 0 radical (unpaired) electrons.